The summed E-state index contributed by atoms with van der Waals surface area (Å²) in [6, 6.07) is 14.2. The number of rotatable bonds is 2. The maximum atomic E-state index is 12.5. The Hall–Kier alpha value is -2.67. The Labute approximate surface area is 117 Å². The second kappa shape index (κ2) is 5.98. The van der Waals surface area contributed by atoms with E-state index in [4.69, 9.17) is 5.26 Å². The zero-order valence-corrected chi connectivity index (χ0v) is 11.4. The van der Waals surface area contributed by atoms with Gasteiger partial charge in [0.2, 0.25) is 0 Å². The van der Waals surface area contributed by atoms with Gasteiger partial charge in [0.1, 0.15) is 5.49 Å². The quantitative estimate of drug-likeness (QED) is 0.837. The predicted octanol–water partition coefficient (Wildman–Crippen LogP) is 2.36. The summed E-state index contributed by atoms with van der Waals surface area (Å²) >= 11 is 0. The number of carbonyl (C=O) groups is 1. The molecule has 1 aromatic heterocycles. The minimum Gasteiger partial charge on any atom is -0.268 e. The lowest BCUT2D eigenvalue weighted by Crippen LogP contribution is -2.28. The Morgan fingerprint density at radius 1 is 1.25 bits per heavy atom. The molecule has 0 atom stereocenters. The molecule has 2 aromatic rings. The first-order valence-corrected chi connectivity index (χ1v) is 6.38. The molecule has 1 heterocycles. The maximum Gasteiger partial charge on any atom is 0.263 e. The summed E-state index contributed by atoms with van der Waals surface area (Å²) in [4.78, 5) is 16.9. The van der Waals surface area contributed by atoms with Crippen LogP contribution in [0.3, 0.4) is 0 Å². The molecule has 2 rings (SSSR count). The molecule has 0 saturated heterocycles. The third-order valence-corrected chi connectivity index (χ3v) is 2.69. The summed E-state index contributed by atoms with van der Waals surface area (Å²) in [5.41, 5.74) is 1.55. The fourth-order valence-corrected chi connectivity index (χ4v) is 1.84. The van der Waals surface area contributed by atoms with Crippen molar-refractivity contribution in [3.05, 3.63) is 65.3 Å². The number of pyridine rings is 1. The minimum absolute atomic E-state index is 0.0990. The smallest absolute Gasteiger partial charge is 0.263 e. The second-order valence-electron chi connectivity index (χ2n) is 4.65. The van der Waals surface area contributed by atoms with Gasteiger partial charge in [-0.2, -0.15) is 5.26 Å². The topological polar surface area (TPSA) is 58.1 Å². The summed E-state index contributed by atoms with van der Waals surface area (Å²) in [5, 5.41) is 8.90. The zero-order valence-electron chi connectivity index (χ0n) is 11.4. The Morgan fingerprint density at radius 2 is 2.05 bits per heavy atom. The fourth-order valence-electron chi connectivity index (χ4n) is 1.84. The molecule has 4 nitrogen and oxygen atoms in total. The lowest BCUT2D eigenvalue weighted by atomic mass is 10.1. The van der Waals surface area contributed by atoms with E-state index in [0.29, 0.717) is 16.6 Å². The van der Waals surface area contributed by atoms with Gasteiger partial charge in [-0.25, -0.2) is 0 Å². The highest BCUT2D eigenvalue weighted by Gasteiger charge is 2.09. The van der Waals surface area contributed by atoms with E-state index >= 15 is 0 Å². The summed E-state index contributed by atoms with van der Waals surface area (Å²) in [6.07, 6.45) is 1.68. The van der Waals surface area contributed by atoms with Crippen molar-refractivity contribution in [1.82, 2.24) is 4.57 Å². The van der Waals surface area contributed by atoms with E-state index < -0.39 is 0 Å². The third-order valence-electron chi connectivity index (χ3n) is 2.69. The monoisotopic (exact) mass is 265 g/mol. The van der Waals surface area contributed by atoms with E-state index in [9.17, 15) is 4.79 Å². The van der Waals surface area contributed by atoms with E-state index in [1.54, 1.807) is 42.6 Å². The average molecular weight is 265 g/mol. The highest BCUT2D eigenvalue weighted by Crippen LogP contribution is 2.05. The third kappa shape index (κ3) is 3.01. The lowest BCUT2D eigenvalue weighted by Gasteiger charge is -2.07. The molecule has 0 aliphatic heterocycles. The molecule has 0 N–H and O–H groups in total. The van der Waals surface area contributed by atoms with Gasteiger partial charge >= 0.3 is 0 Å². The molecule has 0 fully saturated rings. The van der Waals surface area contributed by atoms with Crippen molar-refractivity contribution in [1.29, 1.82) is 5.26 Å². The molecule has 0 unspecified atom stereocenters. The predicted molar refractivity (Wildman–Crippen MR) is 76.0 cm³/mol. The number of nitrogens with zero attached hydrogens (tertiary/aromatic N) is 3. The van der Waals surface area contributed by atoms with Crippen LogP contribution in [0.5, 0.6) is 0 Å². The first-order valence-electron chi connectivity index (χ1n) is 6.38. The van der Waals surface area contributed by atoms with E-state index in [2.05, 4.69) is 4.99 Å². The van der Waals surface area contributed by atoms with Crippen molar-refractivity contribution in [2.24, 2.45) is 4.99 Å². The number of benzene rings is 1. The SMILES string of the molecule is CC(C)N=c1ccccn1C(=O)c1cccc(C#N)c1. The maximum absolute atomic E-state index is 12.5. The molecule has 0 amide bonds. The van der Waals surface area contributed by atoms with Crippen molar-refractivity contribution < 1.29 is 4.79 Å². The average Bonchev–Trinajstić information content (AvgIpc) is 2.46. The summed E-state index contributed by atoms with van der Waals surface area (Å²) in [6.45, 7) is 3.91. The number of hydrogen-bond donors (Lipinski definition) is 0. The first-order chi connectivity index (χ1) is 9.61. The van der Waals surface area contributed by atoms with Crippen LogP contribution >= 0.6 is 0 Å². The molecular weight excluding hydrogens is 250 g/mol. The number of hydrogen-bond acceptors (Lipinski definition) is 3. The van der Waals surface area contributed by atoms with Crippen molar-refractivity contribution in [2.75, 3.05) is 0 Å². The Morgan fingerprint density at radius 3 is 2.75 bits per heavy atom. The first kappa shape index (κ1) is 13.8. The van der Waals surface area contributed by atoms with E-state index in [-0.39, 0.29) is 11.9 Å². The molecule has 0 bridgehead atoms. The van der Waals surface area contributed by atoms with Gasteiger partial charge in [0.25, 0.3) is 5.91 Å². The lowest BCUT2D eigenvalue weighted by molar-refractivity contribution is 0.0954. The fraction of sp³-hybridized carbons (Fsp3) is 0.188. The number of carbonyl (C=O) groups excluding carboxylic acids is 1. The number of nitriles is 1. The van der Waals surface area contributed by atoms with Crippen LogP contribution in [-0.4, -0.2) is 16.5 Å². The van der Waals surface area contributed by atoms with E-state index in [1.165, 1.54) is 4.57 Å². The van der Waals surface area contributed by atoms with Crippen molar-refractivity contribution in [2.45, 2.75) is 19.9 Å². The van der Waals surface area contributed by atoms with E-state index in [1.807, 2.05) is 26.0 Å². The number of aromatic nitrogens is 1. The molecule has 0 saturated carbocycles. The Bertz CT molecular complexity index is 736. The molecule has 0 aliphatic carbocycles. The van der Waals surface area contributed by atoms with Gasteiger partial charge in [-0.05, 0) is 44.2 Å². The van der Waals surface area contributed by atoms with Gasteiger partial charge in [-0.15, -0.1) is 0 Å². The van der Waals surface area contributed by atoms with Gasteiger partial charge in [-0.1, -0.05) is 12.1 Å². The Balaban J connectivity index is 2.52. The highest BCUT2D eigenvalue weighted by atomic mass is 16.2. The molecule has 1 aromatic carbocycles. The van der Waals surface area contributed by atoms with Gasteiger partial charge in [0.15, 0.2) is 0 Å². The van der Waals surface area contributed by atoms with Crippen molar-refractivity contribution in [3.8, 4) is 6.07 Å². The normalized spacial score (nSPS) is 11.4. The van der Waals surface area contributed by atoms with Crippen LogP contribution in [-0.2, 0) is 0 Å². The van der Waals surface area contributed by atoms with Crippen LogP contribution in [0.4, 0.5) is 0 Å². The Kier molecular flexibility index (Phi) is 4.11. The second-order valence-corrected chi connectivity index (χ2v) is 4.65. The summed E-state index contributed by atoms with van der Waals surface area (Å²) in [7, 11) is 0. The molecular formula is C16H15N3O. The van der Waals surface area contributed by atoms with Crippen LogP contribution in [0, 0.1) is 11.3 Å². The van der Waals surface area contributed by atoms with Crippen molar-refractivity contribution >= 4 is 5.91 Å². The molecule has 4 heteroatoms. The molecule has 0 aliphatic rings. The van der Waals surface area contributed by atoms with E-state index in [0.717, 1.165) is 0 Å². The minimum atomic E-state index is -0.192. The van der Waals surface area contributed by atoms with Gasteiger partial charge in [0, 0.05) is 17.8 Å². The molecule has 100 valence electrons. The molecule has 0 radical (unpaired) electrons. The largest absolute Gasteiger partial charge is 0.268 e. The van der Waals surface area contributed by atoms with Crippen LogP contribution in [0.25, 0.3) is 0 Å². The summed E-state index contributed by atoms with van der Waals surface area (Å²) in [5.74, 6) is -0.192. The highest BCUT2D eigenvalue weighted by molar-refractivity contribution is 5.96. The van der Waals surface area contributed by atoms with Gasteiger partial charge in [0.05, 0.1) is 11.6 Å². The van der Waals surface area contributed by atoms with Crippen LogP contribution in [0.15, 0.2) is 53.7 Å². The summed E-state index contributed by atoms with van der Waals surface area (Å²) < 4.78 is 1.50. The van der Waals surface area contributed by atoms with Gasteiger partial charge in [-0.3, -0.25) is 14.4 Å². The van der Waals surface area contributed by atoms with Gasteiger partial charge < -0.3 is 0 Å². The zero-order chi connectivity index (χ0) is 14.5. The van der Waals surface area contributed by atoms with Crippen LogP contribution in [0.1, 0.15) is 29.8 Å². The molecule has 20 heavy (non-hydrogen) atoms. The standard InChI is InChI=1S/C16H15N3O/c1-12(2)18-15-8-3-4-9-19(15)16(20)14-7-5-6-13(10-14)11-17/h3-10,12H,1-2H3. The van der Waals surface area contributed by atoms with Crippen LogP contribution < -0.4 is 5.49 Å². The van der Waals surface area contributed by atoms with Crippen molar-refractivity contribution in [3.63, 3.8) is 0 Å². The van der Waals surface area contributed by atoms with Crippen LogP contribution in [0.2, 0.25) is 0 Å². The molecule has 0 spiro atoms.